The summed E-state index contributed by atoms with van der Waals surface area (Å²) in [4.78, 5) is 15.2. The standard InChI is InChI=1S/C36H34NO5S/c1-40-32-21-27(9-10-28(32)23-37-17-5-6-18-37)35(39)34-31-16-15-30(42-24-25-7-3-2-4-8-25)22-33(31)43-36(34)26-11-13-29(14-12-26)41-20-19-38/h2-4,7-17,21-22,38H,5-6,18-20,23-24H2,1H3/q+1. The number of ketones is 1. The molecule has 0 radical (unpaired) electrons. The van der Waals surface area contributed by atoms with Gasteiger partial charge >= 0.3 is 0 Å². The number of methoxy groups -OCH3 is 1. The highest BCUT2D eigenvalue weighted by Gasteiger charge is 2.24. The third-order valence-electron chi connectivity index (χ3n) is 7.57. The number of carbonyl (C=O) groups excluding carboxylic acids is 1. The normalized spacial score (nSPS) is 12.7. The summed E-state index contributed by atoms with van der Waals surface area (Å²) in [6.07, 6.45) is 4.50. The molecule has 43 heavy (non-hydrogen) atoms. The highest BCUT2D eigenvalue weighted by Crippen LogP contribution is 2.42. The molecule has 218 valence electrons. The third kappa shape index (κ3) is 6.48. The van der Waals surface area contributed by atoms with Gasteiger partial charge in [-0.25, -0.2) is 4.58 Å². The van der Waals surface area contributed by atoms with Gasteiger partial charge in [0.2, 0.25) is 0 Å². The van der Waals surface area contributed by atoms with Gasteiger partial charge in [0.05, 0.1) is 19.3 Å². The quantitative estimate of drug-likeness (QED) is 0.123. The summed E-state index contributed by atoms with van der Waals surface area (Å²) in [7, 11) is 1.66. The van der Waals surface area contributed by atoms with E-state index in [0.29, 0.717) is 29.2 Å². The first kappa shape index (κ1) is 28.6. The molecule has 1 aliphatic heterocycles. The Bertz CT molecular complexity index is 1760. The maximum atomic E-state index is 14.3. The number of ether oxygens (including phenoxy) is 3. The number of thiophene rings is 1. The lowest BCUT2D eigenvalue weighted by atomic mass is 9.96. The van der Waals surface area contributed by atoms with Gasteiger partial charge in [-0.05, 0) is 65.7 Å². The van der Waals surface area contributed by atoms with Gasteiger partial charge in [0.15, 0.2) is 12.3 Å². The Balaban J connectivity index is 1.37. The van der Waals surface area contributed by atoms with Gasteiger partial charge in [-0.15, -0.1) is 11.3 Å². The van der Waals surface area contributed by atoms with Crippen LogP contribution in [-0.4, -0.2) is 48.5 Å². The Labute approximate surface area is 255 Å². The van der Waals surface area contributed by atoms with Crippen molar-refractivity contribution in [1.29, 1.82) is 0 Å². The van der Waals surface area contributed by atoms with Gasteiger partial charge in [0, 0.05) is 38.9 Å². The number of hydrogen-bond donors (Lipinski definition) is 1. The molecule has 0 spiro atoms. The molecular weight excluding hydrogens is 558 g/mol. The van der Waals surface area contributed by atoms with Crippen molar-refractivity contribution in [3.8, 4) is 27.7 Å². The van der Waals surface area contributed by atoms with Crippen molar-refractivity contribution in [2.24, 2.45) is 0 Å². The lowest BCUT2D eigenvalue weighted by Crippen LogP contribution is -2.10. The fourth-order valence-corrected chi connectivity index (χ4v) is 6.62. The van der Waals surface area contributed by atoms with E-state index >= 15 is 0 Å². The van der Waals surface area contributed by atoms with Gasteiger partial charge in [-0.1, -0.05) is 36.4 Å². The van der Waals surface area contributed by atoms with Crippen molar-refractivity contribution < 1.29 is 28.7 Å². The van der Waals surface area contributed by atoms with E-state index in [1.54, 1.807) is 18.4 Å². The molecule has 7 heteroatoms. The molecule has 0 saturated carbocycles. The van der Waals surface area contributed by atoms with Gasteiger partial charge in [0.1, 0.15) is 43.2 Å². The van der Waals surface area contributed by atoms with Gasteiger partial charge < -0.3 is 19.3 Å². The molecule has 1 N–H and O–H groups in total. The van der Waals surface area contributed by atoms with Crippen molar-refractivity contribution in [1.82, 2.24) is 0 Å². The van der Waals surface area contributed by atoms with Crippen LogP contribution in [0.25, 0.3) is 20.5 Å². The summed E-state index contributed by atoms with van der Waals surface area (Å²) in [5, 5.41) is 10.00. The summed E-state index contributed by atoms with van der Waals surface area (Å²) < 4.78 is 20.7. The first-order valence-corrected chi connectivity index (χ1v) is 15.3. The smallest absolute Gasteiger partial charge is 0.195 e. The number of carbonyl (C=O) groups is 1. The fraction of sp³-hybridized carbons (Fsp3) is 0.222. The van der Waals surface area contributed by atoms with Crippen molar-refractivity contribution in [3.63, 3.8) is 0 Å². The number of benzene rings is 4. The summed E-state index contributed by atoms with van der Waals surface area (Å²) >= 11 is 1.57. The van der Waals surface area contributed by atoms with Crippen LogP contribution in [0, 0.1) is 0 Å². The second-order valence-electron chi connectivity index (χ2n) is 10.5. The van der Waals surface area contributed by atoms with Gasteiger partial charge in [-0.2, -0.15) is 0 Å². The van der Waals surface area contributed by atoms with E-state index in [-0.39, 0.29) is 19.0 Å². The van der Waals surface area contributed by atoms with Crippen LogP contribution in [0.3, 0.4) is 0 Å². The van der Waals surface area contributed by atoms with Crippen molar-refractivity contribution >= 4 is 33.4 Å². The van der Waals surface area contributed by atoms with Crippen LogP contribution in [0.2, 0.25) is 0 Å². The molecule has 0 bridgehead atoms. The molecule has 0 amide bonds. The zero-order chi connectivity index (χ0) is 29.6. The van der Waals surface area contributed by atoms with Gasteiger partial charge in [0.25, 0.3) is 0 Å². The van der Waals surface area contributed by atoms with E-state index < -0.39 is 0 Å². The predicted octanol–water partition coefficient (Wildman–Crippen LogP) is 7.14. The monoisotopic (exact) mass is 592 g/mol. The van der Waals surface area contributed by atoms with Crippen LogP contribution in [-0.2, 0) is 13.2 Å². The summed E-state index contributed by atoms with van der Waals surface area (Å²) in [6.45, 7) is 2.44. The summed E-state index contributed by atoms with van der Waals surface area (Å²) in [6, 6.07) is 29.4. The molecule has 0 unspecified atom stereocenters. The van der Waals surface area contributed by atoms with Crippen molar-refractivity contribution in [2.75, 3.05) is 26.9 Å². The summed E-state index contributed by atoms with van der Waals surface area (Å²) in [5.41, 5.74) is 4.31. The number of aliphatic hydroxyl groups is 1. The summed E-state index contributed by atoms with van der Waals surface area (Å²) in [5.74, 6) is 2.08. The Morgan fingerprint density at radius 3 is 2.49 bits per heavy atom. The maximum Gasteiger partial charge on any atom is 0.195 e. The molecule has 0 saturated heterocycles. The molecule has 1 aliphatic rings. The fourth-order valence-electron chi connectivity index (χ4n) is 5.39. The number of aliphatic hydroxyl groups excluding tert-OH is 1. The molecule has 0 fully saturated rings. The van der Waals surface area contributed by atoms with E-state index in [1.165, 1.54) is 6.42 Å². The molecule has 6 nitrogen and oxygen atoms in total. The minimum atomic E-state index is -0.0580. The lowest BCUT2D eigenvalue weighted by Gasteiger charge is -2.11. The topological polar surface area (TPSA) is 68.0 Å². The second-order valence-corrected chi connectivity index (χ2v) is 11.5. The van der Waals surface area contributed by atoms with E-state index in [2.05, 4.69) is 10.8 Å². The van der Waals surface area contributed by atoms with Crippen LogP contribution >= 0.6 is 11.3 Å². The number of hydrogen-bond acceptors (Lipinski definition) is 6. The molecule has 6 rings (SSSR count). The minimum absolute atomic E-state index is 0.0517. The number of rotatable bonds is 12. The van der Waals surface area contributed by atoms with Gasteiger partial charge in [-0.3, -0.25) is 4.79 Å². The van der Waals surface area contributed by atoms with Crippen LogP contribution in [0.5, 0.6) is 17.2 Å². The van der Waals surface area contributed by atoms with Crippen LogP contribution in [0.1, 0.15) is 39.9 Å². The Morgan fingerprint density at radius 2 is 1.74 bits per heavy atom. The second kappa shape index (κ2) is 13.2. The number of nitrogens with zero attached hydrogens (tertiary/aromatic N) is 1. The van der Waals surface area contributed by atoms with E-state index in [9.17, 15) is 4.79 Å². The SMILES string of the molecule is COc1cc(C(=O)c2c(-c3ccc(OCCO)cc3)sc3cc(OCc4ccccc4)ccc23)ccc1C[N+]1=CCCC1. The molecule has 5 aromatic rings. The zero-order valence-corrected chi connectivity index (χ0v) is 24.9. The Kier molecular flexibility index (Phi) is 8.82. The predicted molar refractivity (Wildman–Crippen MR) is 171 cm³/mol. The highest BCUT2D eigenvalue weighted by molar-refractivity contribution is 7.22. The zero-order valence-electron chi connectivity index (χ0n) is 24.1. The molecule has 1 aromatic heterocycles. The Morgan fingerprint density at radius 1 is 0.930 bits per heavy atom. The van der Waals surface area contributed by atoms with Crippen LogP contribution in [0.4, 0.5) is 0 Å². The first-order valence-electron chi connectivity index (χ1n) is 14.5. The van der Waals surface area contributed by atoms with E-state index in [0.717, 1.165) is 56.9 Å². The average Bonchev–Trinajstić information content (AvgIpc) is 3.71. The first-order chi connectivity index (χ1) is 21.1. The highest BCUT2D eigenvalue weighted by atomic mass is 32.1. The van der Waals surface area contributed by atoms with E-state index in [4.69, 9.17) is 19.3 Å². The molecule has 0 aliphatic carbocycles. The molecular formula is C36H34NO5S+. The lowest BCUT2D eigenvalue weighted by molar-refractivity contribution is -0.532. The number of fused-ring (bicyclic) bond motifs is 1. The van der Waals surface area contributed by atoms with Crippen LogP contribution < -0.4 is 14.2 Å². The van der Waals surface area contributed by atoms with Crippen molar-refractivity contribution in [2.45, 2.75) is 26.0 Å². The molecule has 2 heterocycles. The third-order valence-corrected chi connectivity index (χ3v) is 8.77. The Hall–Kier alpha value is -4.46. The minimum Gasteiger partial charge on any atom is -0.496 e. The average molecular weight is 593 g/mol. The van der Waals surface area contributed by atoms with Crippen molar-refractivity contribution in [3.05, 3.63) is 113 Å². The maximum absolute atomic E-state index is 14.3. The van der Waals surface area contributed by atoms with Crippen LogP contribution in [0.15, 0.2) is 91.0 Å². The molecule has 0 atom stereocenters. The largest absolute Gasteiger partial charge is 0.496 e. The van der Waals surface area contributed by atoms with E-state index in [1.807, 2.05) is 91.0 Å². The molecule has 4 aromatic carbocycles.